The molecule has 14 heavy (non-hydrogen) atoms. The van der Waals surface area contributed by atoms with E-state index >= 15 is 0 Å². The number of nitrogens with one attached hydrogen (secondary N) is 2. The molecule has 0 unspecified atom stereocenters. The summed E-state index contributed by atoms with van der Waals surface area (Å²) in [6.45, 7) is 2.65. The molecule has 1 aliphatic heterocycles. The van der Waals surface area contributed by atoms with Crippen molar-refractivity contribution in [2.75, 3.05) is 20.2 Å². The fourth-order valence-corrected chi connectivity index (χ4v) is 1.77. The quantitative estimate of drug-likeness (QED) is 0.735. The number of aromatic amines is 1. The van der Waals surface area contributed by atoms with Crippen LogP contribution in [0.2, 0.25) is 0 Å². The van der Waals surface area contributed by atoms with Gasteiger partial charge in [-0.05, 0) is 25.9 Å². The summed E-state index contributed by atoms with van der Waals surface area (Å²) < 4.78 is 4.98. The Morgan fingerprint density at radius 3 is 2.93 bits per heavy atom. The van der Waals surface area contributed by atoms with E-state index in [-0.39, 0.29) is 0 Å². The second-order valence-corrected chi connectivity index (χ2v) is 3.60. The van der Waals surface area contributed by atoms with Gasteiger partial charge in [-0.1, -0.05) is 0 Å². The maximum atomic E-state index is 4.98. The van der Waals surface area contributed by atoms with Crippen LogP contribution in [0.15, 0.2) is 0 Å². The summed E-state index contributed by atoms with van der Waals surface area (Å²) in [5.41, 5.74) is 0. The predicted molar refractivity (Wildman–Crippen MR) is 51.9 cm³/mol. The molecule has 2 heterocycles. The van der Waals surface area contributed by atoms with Gasteiger partial charge in [0.15, 0.2) is 11.6 Å². The summed E-state index contributed by atoms with van der Waals surface area (Å²) in [6.07, 6.45) is 2.26. The Balaban J connectivity index is 2.00. The molecule has 1 saturated heterocycles. The van der Waals surface area contributed by atoms with Crippen molar-refractivity contribution in [1.82, 2.24) is 20.5 Å². The lowest BCUT2D eigenvalue weighted by molar-refractivity contribution is 0.178. The second kappa shape index (κ2) is 4.52. The Bertz CT molecular complexity index is 280. The average molecular weight is 196 g/mol. The van der Waals surface area contributed by atoms with Crippen LogP contribution in [0.3, 0.4) is 0 Å². The third kappa shape index (κ3) is 2.10. The van der Waals surface area contributed by atoms with Gasteiger partial charge in [0.1, 0.15) is 6.61 Å². The summed E-state index contributed by atoms with van der Waals surface area (Å²) in [5.74, 6) is 2.28. The Morgan fingerprint density at radius 1 is 1.43 bits per heavy atom. The Labute approximate surface area is 83.3 Å². The van der Waals surface area contributed by atoms with Crippen LogP contribution >= 0.6 is 0 Å². The molecule has 5 nitrogen and oxygen atoms in total. The number of hydrogen-bond acceptors (Lipinski definition) is 4. The van der Waals surface area contributed by atoms with Crippen LogP contribution in [-0.2, 0) is 11.3 Å². The van der Waals surface area contributed by atoms with Crippen molar-refractivity contribution in [1.29, 1.82) is 0 Å². The number of H-pyrrole nitrogens is 1. The largest absolute Gasteiger partial charge is 0.377 e. The van der Waals surface area contributed by atoms with E-state index in [0.29, 0.717) is 12.5 Å². The topological polar surface area (TPSA) is 62.8 Å². The highest BCUT2D eigenvalue weighted by Crippen LogP contribution is 2.21. The van der Waals surface area contributed by atoms with Crippen LogP contribution < -0.4 is 5.32 Å². The van der Waals surface area contributed by atoms with E-state index in [2.05, 4.69) is 20.5 Å². The van der Waals surface area contributed by atoms with E-state index < -0.39 is 0 Å². The van der Waals surface area contributed by atoms with Crippen LogP contribution in [0.1, 0.15) is 30.4 Å². The predicted octanol–water partition coefficient (Wildman–Crippen LogP) is 0.418. The molecule has 2 rings (SSSR count). The molecule has 1 fully saturated rings. The number of nitrogens with zero attached hydrogens (tertiary/aromatic N) is 2. The molecule has 78 valence electrons. The molecule has 1 aromatic rings. The standard InChI is InChI=1S/C9H16N4O/c1-14-6-8-11-9(13-12-8)7-2-4-10-5-3-7/h7,10H,2-6H2,1H3,(H,11,12,13). The summed E-state index contributed by atoms with van der Waals surface area (Å²) in [7, 11) is 1.66. The maximum absolute atomic E-state index is 4.98. The molecule has 0 bridgehead atoms. The number of ether oxygens (including phenoxy) is 1. The highest BCUT2D eigenvalue weighted by atomic mass is 16.5. The van der Waals surface area contributed by atoms with Gasteiger partial charge in [-0.2, -0.15) is 5.10 Å². The molecule has 0 spiro atoms. The highest BCUT2D eigenvalue weighted by molar-refractivity contribution is 4.99. The maximum Gasteiger partial charge on any atom is 0.153 e. The molecule has 0 aliphatic carbocycles. The number of methoxy groups -OCH3 is 1. The zero-order valence-electron chi connectivity index (χ0n) is 8.42. The molecule has 0 amide bonds. The smallest absolute Gasteiger partial charge is 0.153 e. The number of hydrogen-bond donors (Lipinski definition) is 2. The van der Waals surface area contributed by atoms with Crippen LogP contribution in [0.25, 0.3) is 0 Å². The summed E-state index contributed by atoms with van der Waals surface area (Å²) in [6, 6.07) is 0. The first-order chi connectivity index (χ1) is 6.90. The lowest BCUT2D eigenvalue weighted by Crippen LogP contribution is -2.27. The van der Waals surface area contributed by atoms with Gasteiger partial charge < -0.3 is 10.1 Å². The van der Waals surface area contributed by atoms with E-state index in [9.17, 15) is 0 Å². The minimum Gasteiger partial charge on any atom is -0.377 e. The van der Waals surface area contributed by atoms with E-state index in [1.165, 1.54) is 0 Å². The molecular formula is C9H16N4O. The van der Waals surface area contributed by atoms with Crippen LogP contribution in [0.5, 0.6) is 0 Å². The zero-order chi connectivity index (χ0) is 9.80. The van der Waals surface area contributed by atoms with Gasteiger partial charge in [0.05, 0.1) is 0 Å². The van der Waals surface area contributed by atoms with Gasteiger partial charge >= 0.3 is 0 Å². The SMILES string of the molecule is COCc1nc(C2CCNCC2)n[nH]1. The van der Waals surface area contributed by atoms with Crippen molar-refractivity contribution < 1.29 is 4.74 Å². The van der Waals surface area contributed by atoms with E-state index in [1.54, 1.807) is 7.11 Å². The first-order valence-electron chi connectivity index (χ1n) is 5.01. The third-order valence-corrected chi connectivity index (χ3v) is 2.53. The highest BCUT2D eigenvalue weighted by Gasteiger charge is 2.19. The van der Waals surface area contributed by atoms with Crippen molar-refractivity contribution in [2.24, 2.45) is 0 Å². The van der Waals surface area contributed by atoms with Crippen molar-refractivity contribution in [3.8, 4) is 0 Å². The average Bonchev–Trinajstić information content (AvgIpc) is 2.68. The first-order valence-corrected chi connectivity index (χ1v) is 5.01. The van der Waals surface area contributed by atoms with Gasteiger partial charge in [0, 0.05) is 13.0 Å². The van der Waals surface area contributed by atoms with Gasteiger partial charge in [0.25, 0.3) is 0 Å². The second-order valence-electron chi connectivity index (χ2n) is 3.60. The molecule has 1 aromatic heterocycles. The molecule has 2 N–H and O–H groups in total. The van der Waals surface area contributed by atoms with Crippen molar-refractivity contribution in [2.45, 2.75) is 25.4 Å². The fourth-order valence-electron chi connectivity index (χ4n) is 1.77. The van der Waals surface area contributed by atoms with Crippen molar-refractivity contribution in [3.63, 3.8) is 0 Å². The molecule has 1 aliphatic rings. The van der Waals surface area contributed by atoms with Gasteiger partial charge in [0.2, 0.25) is 0 Å². The van der Waals surface area contributed by atoms with E-state index in [0.717, 1.165) is 37.6 Å². The number of piperidine rings is 1. The van der Waals surface area contributed by atoms with Gasteiger partial charge in [-0.3, -0.25) is 5.10 Å². The lowest BCUT2D eigenvalue weighted by atomic mass is 9.98. The third-order valence-electron chi connectivity index (χ3n) is 2.53. The monoisotopic (exact) mass is 196 g/mol. The van der Waals surface area contributed by atoms with Crippen LogP contribution in [0, 0.1) is 0 Å². The molecule has 5 heteroatoms. The first kappa shape index (κ1) is 9.61. The lowest BCUT2D eigenvalue weighted by Gasteiger charge is -2.19. The minimum absolute atomic E-state index is 0.512. The molecular weight excluding hydrogens is 180 g/mol. The summed E-state index contributed by atoms with van der Waals surface area (Å²) >= 11 is 0. The Kier molecular flexibility index (Phi) is 3.10. The number of rotatable bonds is 3. The fraction of sp³-hybridized carbons (Fsp3) is 0.778. The van der Waals surface area contributed by atoms with E-state index in [4.69, 9.17) is 4.74 Å². The number of aromatic nitrogens is 3. The van der Waals surface area contributed by atoms with Crippen LogP contribution in [-0.4, -0.2) is 35.4 Å². The molecule has 0 radical (unpaired) electrons. The zero-order valence-corrected chi connectivity index (χ0v) is 8.42. The Morgan fingerprint density at radius 2 is 2.21 bits per heavy atom. The summed E-state index contributed by atoms with van der Waals surface area (Å²) in [5, 5.41) is 10.4. The molecule has 0 atom stereocenters. The van der Waals surface area contributed by atoms with Gasteiger partial charge in [-0.25, -0.2) is 4.98 Å². The van der Waals surface area contributed by atoms with Crippen molar-refractivity contribution >= 4 is 0 Å². The molecule has 0 aromatic carbocycles. The van der Waals surface area contributed by atoms with Crippen molar-refractivity contribution in [3.05, 3.63) is 11.6 Å². The summed E-state index contributed by atoms with van der Waals surface area (Å²) in [4.78, 5) is 4.40. The minimum atomic E-state index is 0.512. The Hall–Kier alpha value is -0.940. The van der Waals surface area contributed by atoms with Gasteiger partial charge in [-0.15, -0.1) is 0 Å². The normalized spacial score (nSPS) is 18.6. The molecule has 0 saturated carbocycles. The van der Waals surface area contributed by atoms with E-state index in [1.807, 2.05) is 0 Å². The van der Waals surface area contributed by atoms with Crippen LogP contribution in [0.4, 0.5) is 0 Å².